The zero-order valence-electron chi connectivity index (χ0n) is 9.84. The third kappa shape index (κ3) is 2.91. The van der Waals surface area contributed by atoms with E-state index >= 15 is 0 Å². The third-order valence-electron chi connectivity index (χ3n) is 2.85. The lowest BCUT2D eigenvalue weighted by atomic mass is 9.98. The first kappa shape index (κ1) is 13.9. The zero-order valence-corrected chi connectivity index (χ0v) is 10.6. The minimum atomic E-state index is -4.33. The molecule has 19 heavy (non-hydrogen) atoms. The van der Waals surface area contributed by atoms with Gasteiger partial charge in [0.05, 0.1) is 5.56 Å². The molecule has 5 heteroatoms. The van der Waals surface area contributed by atoms with E-state index in [9.17, 15) is 13.2 Å². The molecule has 0 aliphatic heterocycles. The Balaban J connectivity index is 2.46. The van der Waals surface area contributed by atoms with Gasteiger partial charge in [-0.3, -0.25) is 0 Å². The second-order valence-electron chi connectivity index (χ2n) is 4.05. The molecule has 2 rings (SSSR count). The summed E-state index contributed by atoms with van der Waals surface area (Å²) >= 11 is 6.02. The van der Waals surface area contributed by atoms with E-state index < -0.39 is 11.7 Å². The molecule has 0 atom stereocenters. The topological polar surface area (TPSA) is 26.0 Å². The molecule has 2 N–H and O–H groups in total. The van der Waals surface area contributed by atoms with Crippen LogP contribution in [0.5, 0.6) is 0 Å². The van der Waals surface area contributed by atoms with Crippen LogP contribution in [-0.2, 0) is 12.7 Å². The molecule has 0 bridgehead atoms. The standard InChI is InChI=1S/C14H11ClF3N/c15-13-3-1-2-11(12(13)8-19)9-4-6-10(7-5-9)14(16,17)18/h1-7H,8,19H2. The van der Waals surface area contributed by atoms with Crippen LogP contribution in [0.1, 0.15) is 11.1 Å². The molecule has 0 fully saturated rings. The maximum Gasteiger partial charge on any atom is 0.416 e. The summed E-state index contributed by atoms with van der Waals surface area (Å²) in [4.78, 5) is 0. The Kier molecular flexibility index (Phi) is 3.83. The number of rotatable bonds is 2. The summed E-state index contributed by atoms with van der Waals surface area (Å²) in [5, 5.41) is 0.514. The summed E-state index contributed by atoms with van der Waals surface area (Å²) in [6.45, 7) is 0.232. The second kappa shape index (κ2) is 5.23. The number of alkyl halides is 3. The van der Waals surface area contributed by atoms with Crippen LogP contribution in [0.4, 0.5) is 13.2 Å². The monoisotopic (exact) mass is 285 g/mol. The normalized spacial score (nSPS) is 11.6. The number of halogens is 4. The van der Waals surface area contributed by atoms with E-state index in [0.29, 0.717) is 10.6 Å². The van der Waals surface area contributed by atoms with E-state index in [1.54, 1.807) is 18.2 Å². The van der Waals surface area contributed by atoms with Gasteiger partial charge in [-0.05, 0) is 34.9 Å². The minimum Gasteiger partial charge on any atom is -0.326 e. The van der Waals surface area contributed by atoms with Gasteiger partial charge in [0.2, 0.25) is 0 Å². The largest absolute Gasteiger partial charge is 0.416 e. The van der Waals surface area contributed by atoms with Crippen molar-refractivity contribution in [2.24, 2.45) is 5.73 Å². The molecule has 0 saturated heterocycles. The van der Waals surface area contributed by atoms with Gasteiger partial charge in [0.25, 0.3) is 0 Å². The van der Waals surface area contributed by atoms with Crippen molar-refractivity contribution in [2.75, 3.05) is 0 Å². The highest BCUT2D eigenvalue weighted by atomic mass is 35.5. The molecule has 0 amide bonds. The lowest BCUT2D eigenvalue weighted by Crippen LogP contribution is -2.04. The van der Waals surface area contributed by atoms with E-state index in [-0.39, 0.29) is 6.54 Å². The van der Waals surface area contributed by atoms with Crippen molar-refractivity contribution in [2.45, 2.75) is 12.7 Å². The molecule has 0 unspecified atom stereocenters. The van der Waals surface area contributed by atoms with Crippen molar-refractivity contribution < 1.29 is 13.2 Å². The fourth-order valence-electron chi connectivity index (χ4n) is 1.88. The van der Waals surface area contributed by atoms with Crippen molar-refractivity contribution in [1.29, 1.82) is 0 Å². The molecular formula is C14H11ClF3N. The second-order valence-corrected chi connectivity index (χ2v) is 4.45. The highest BCUT2D eigenvalue weighted by Crippen LogP contribution is 2.33. The summed E-state index contributed by atoms with van der Waals surface area (Å²) in [5.41, 5.74) is 7.09. The van der Waals surface area contributed by atoms with Crippen LogP contribution < -0.4 is 5.73 Å². The van der Waals surface area contributed by atoms with Gasteiger partial charge in [-0.1, -0.05) is 35.9 Å². The molecular weight excluding hydrogens is 275 g/mol. The molecule has 0 heterocycles. The predicted octanol–water partition coefficient (Wildman–Crippen LogP) is 4.48. The maximum absolute atomic E-state index is 12.5. The van der Waals surface area contributed by atoms with E-state index in [1.807, 2.05) is 0 Å². The van der Waals surface area contributed by atoms with Gasteiger partial charge in [-0.2, -0.15) is 13.2 Å². The number of benzene rings is 2. The molecule has 2 aromatic rings. The highest BCUT2D eigenvalue weighted by Gasteiger charge is 2.30. The maximum atomic E-state index is 12.5. The zero-order chi connectivity index (χ0) is 14.0. The lowest BCUT2D eigenvalue weighted by molar-refractivity contribution is -0.137. The van der Waals surface area contributed by atoms with Crippen molar-refractivity contribution in [1.82, 2.24) is 0 Å². The van der Waals surface area contributed by atoms with Crippen molar-refractivity contribution in [3.8, 4) is 11.1 Å². The number of hydrogen-bond acceptors (Lipinski definition) is 1. The van der Waals surface area contributed by atoms with E-state index in [2.05, 4.69) is 0 Å². The van der Waals surface area contributed by atoms with Crippen LogP contribution in [0, 0.1) is 0 Å². The Labute approximate surface area is 113 Å². The first-order valence-corrected chi connectivity index (χ1v) is 5.96. The smallest absolute Gasteiger partial charge is 0.326 e. The minimum absolute atomic E-state index is 0.232. The summed E-state index contributed by atoms with van der Waals surface area (Å²) in [6.07, 6.45) is -4.33. The summed E-state index contributed by atoms with van der Waals surface area (Å²) < 4.78 is 37.5. The molecule has 0 aliphatic carbocycles. The van der Waals surface area contributed by atoms with Gasteiger partial charge in [0, 0.05) is 11.6 Å². The molecule has 100 valence electrons. The molecule has 0 saturated carbocycles. The Bertz CT molecular complexity index is 576. The number of hydrogen-bond donors (Lipinski definition) is 1. The summed E-state index contributed by atoms with van der Waals surface area (Å²) in [5.74, 6) is 0. The van der Waals surface area contributed by atoms with Crippen LogP contribution in [0.15, 0.2) is 42.5 Å². The molecule has 1 nitrogen and oxygen atoms in total. The van der Waals surface area contributed by atoms with Gasteiger partial charge < -0.3 is 5.73 Å². The highest BCUT2D eigenvalue weighted by molar-refractivity contribution is 6.31. The van der Waals surface area contributed by atoms with Gasteiger partial charge in [-0.15, -0.1) is 0 Å². The van der Waals surface area contributed by atoms with Crippen LogP contribution in [0.25, 0.3) is 11.1 Å². The Hall–Kier alpha value is -1.52. The van der Waals surface area contributed by atoms with E-state index in [0.717, 1.165) is 23.3 Å². The lowest BCUT2D eigenvalue weighted by Gasteiger charge is -2.11. The summed E-state index contributed by atoms with van der Waals surface area (Å²) in [6, 6.07) is 10.2. The van der Waals surface area contributed by atoms with Gasteiger partial charge in [0.1, 0.15) is 0 Å². The average Bonchev–Trinajstić information content (AvgIpc) is 2.37. The molecule has 0 aliphatic rings. The van der Waals surface area contributed by atoms with Gasteiger partial charge >= 0.3 is 6.18 Å². The van der Waals surface area contributed by atoms with Crippen LogP contribution in [0.3, 0.4) is 0 Å². The van der Waals surface area contributed by atoms with Gasteiger partial charge in [0.15, 0.2) is 0 Å². The van der Waals surface area contributed by atoms with Crippen molar-refractivity contribution >= 4 is 11.6 Å². The third-order valence-corrected chi connectivity index (χ3v) is 3.20. The fourth-order valence-corrected chi connectivity index (χ4v) is 2.13. The molecule has 0 aromatic heterocycles. The SMILES string of the molecule is NCc1c(Cl)cccc1-c1ccc(C(F)(F)F)cc1. The summed E-state index contributed by atoms with van der Waals surface area (Å²) in [7, 11) is 0. The first-order chi connectivity index (χ1) is 8.93. The average molecular weight is 286 g/mol. The van der Waals surface area contributed by atoms with Gasteiger partial charge in [-0.25, -0.2) is 0 Å². The van der Waals surface area contributed by atoms with Crippen LogP contribution in [-0.4, -0.2) is 0 Å². The molecule has 2 aromatic carbocycles. The Morgan fingerprint density at radius 3 is 2.16 bits per heavy atom. The first-order valence-electron chi connectivity index (χ1n) is 5.58. The Morgan fingerprint density at radius 2 is 1.63 bits per heavy atom. The fraction of sp³-hybridized carbons (Fsp3) is 0.143. The Morgan fingerprint density at radius 1 is 1.00 bits per heavy atom. The molecule has 0 radical (unpaired) electrons. The van der Waals surface area contributed by atoms with E-state index in [1.165, 1.54) is 12.1 Å². The quantitative estimate of drug-likeness (QED) is 0.865. The molecule has 0 spiro atoms. The van der Waals surface area contributed by atoms with E-state index in [4.69, 9.17) is 17.3 Å². The van der Waals surface area contributed by atoms with Crippen LogP contribution >= 0.6 is 11.6 Å². The van der Waals surface area contributed by atoms with Crippen molar-refractivity contribution in [3.05, 3.63) is 58.6 Å². The van der Waals surface area contributed by atoms with Crippen molar-refractivity contribution in [3.63, 3.8) is 0 Å². The number of nitrogens with two attached hydrogens (primary N) is 1. The van der Waals surface area contributed by atoms with Crippen LogP contribution in [0.2, 0.25) is 5.02 Å². The predicted molar refractivity (Wildman–Crippen MR) is 69.8 cm³/mol.